The highest BCUT2D eigenvalue weighted by molar-refractivity contribution is 5.99. The van der Waals surface area contributed by atoms with E-state index in [0.29, 0.717) is 0 Å². The average molecular weight is 271 g/mol. The van der Waals surface area contributed by atoms with Crippen molar-refractivity contribution in [2.75, 3.05) is 0 Å². The van der Waals surface area contributed by atoms with Crippen LogP contribution in [0.25, 0.3) is 0 Å². The van der Waals surface area contributed by atoms with Crippen molar-refractivity contribution in [2.45, 2.75) is 6.92 Å². The molecule has 0 saturated heterocycles. The number of rotatable bonds is 2. The Morgan fingerprint density at radius 3 is 2.55 bits per heavy atom. The van der Waals surface area contributed by atoms with E-state index in [4.69, 9.17) is 0 Å². The average Bonchev–Trinajstić information content (AvgIpc) is 2.47. The summed E-state index contributed by atoms with van der Waals surface area (Å²) in [5.74, 6) is -1.29. The number of benzene rings is 1. The first-order chi connectivity index (χ1) is 9.58. The number of aromatic nitrogens is 1. The zero-order chi connectivity index (χ0) is 14.5. The molecule has 6 nitrogen and oxygen atoms in total. The number of phenols is 1. The van der Waals surface area contributed by atoms with Gasteiger partial charge in [0.25, 0.3) is 11.8 Å². The zero-order valence-electron chi connectivity index (χ0n) is 10.8. The van der Waals surface area contributed by atoms with Gasteiger partial charge in [0.2, 0.25) is 0 Å². The number of nitrogens with zero attached hydrogens (tertiary/aromatic N) is 1. The third-order valence-electron chi connectivity index (χ3n) is 2.58. The van der Waals surface area contributed by atoms with Crippen molar-refractivity contribution in [1.29, 1.82) is 0 Å². The quantitative estimate of drug-likeness (QED) is 0.715. The number of carbonyl (C=O) groups is 2. The highest BCUT2D eigenvalue weighted by Crippen LogP contribution is 2.17. The number of amides is 2. The number of nitrogens with one attached hydrogen (secondary N) is 2. The Morgan fingerprint density at radius 1 is 1.10 bits per heavy atom. The van der Waals surface area contributed by atoms with E-state index in [9.17, 15) is 14.7 Å². The number of carbonyl (C=O) groups excluding carboxylic acids is 2. The highest BCUT2D eigenvalue weighted by atomic mass is 16.3. The number of pyridine rings is 1. The highest BCUT2D eigenvalue weighted by Gasteiger charge is 2.13. The molecule has 0 bridgehead atoms. The van der Waals surface area contributed by atoms with Crippen LogP contribution in [0.1, 0.15) is 26.4 Å². The van der Waals surface area contributed by atoms with E-state index in [1.165, 1.54) is 24.4 Å². The van der Waals surface area contributed by atoms with Crippen LogP contribution in [0, 0.1) is 6.92 Å². The summed E-state index contributed by atoms with van der Waals surface area (Å²) in [5, 5.41) is 9.60. The van der Waals surface area contributed by atoms with Crippen molar-refractivity contribution in [3.63, 3.8) is 0 Å². The second-order valence-electron chi connectivity index (χ2n) is 4.14. The van der Waals surface area contributed by atoms with Gasteiger partial charge in [-0.3, -0.25) is 25.4 Å². The van der Waals surface area contributed by atoms with Crippen LogP contribution >= 0.6 is 0 Å². The Kier molecular flexibility index (Phi) is 3.95. The van der Waals surface area contributed by atoms with Gasteiger partial charge in [-0.1, -0.05) is 17.7 Å². The summed E-state index contributed by atoms with van der Waals surface area (Å²) in [6.07, 6.45) is 1.48. The van der Waals surface area contributed by atoms with Gasteiger partial charge in [0.1, 0.15) is 11.4 Å². The molecule has 2 aromatic rings. The van der Waals surface area contributed by atoms with E-state index in [0.717, 1.165) is 5.56 Å². The van der Waals surface area contributed by atoms with Crippen molar-refractivity contribution >= 4 is 11.8 Å². The molecule has 1 aromatic carbocycles. The first-order valence-corrected chi connectivity index (χ1v) is 5.89. The lowest BCUT2D eigenvalue weighted by Crippen LogP contribution is -2.41. The number of aromatic hydroxyl groups is 1. The van der Waals surface area contributed by atoms with E-state index in [2.05, 4.69) is 15.8 Å². The molecule has 0 aliphatic rings. The Morgan fingerprint density at radius 2 is 1.85 bits per heavy atom. The van der Waals surface area contributed by atoms with Crippen LogP contribution in [0.15, 0.2) is 42.6 Å². The second kappa shape index (κ2) is 5.83. The molecule has 1 heterocycles. The Labute approximate surface area is 115 Å². The standard InChI is InChI=1S/C14H13N3O3/c1-9-5-6-12(18)10(8-9)13(19)16-17-14(20)11-4-2-3-7-15-11/h2-8,18H,1H3,(H,16,19)(H,17,20). The maximum absolute atomic E-state index is 11.8. The third-order valence-corrected chi connectivity index (χ3v) is 2.58. The van der Waals surface area contributed by atoms with Crippen LogP contribution in [0.3, 0.4) is 0 Å². The first kappa shape index (κ1) is 13.5. The predicted molar refractivity (Wildman–Crippen MR) is 72.0 cm³/mol. The van der Waals surface area contributed by atoms with Crippen molar-refractivity contribution in [2.24, 2.45) is 0 Å². The van der Waals surface area contributed by atoms with Crippen LogP contribution in [0.2, 0.25) is 0 Å². The van der Waals surface area contributed by atoms with Gasteiger partial charge in [0.15, 0.2) is 0 Å². The van der Waals surface area contributed by atoms with Crippen molar-refractivity contribution < 1.29 is 14.7 Å². The Hall–Kier alpha value is -2.89. The van der Waals surface area contributed by atoms with Gasteiger partial charge in [0, 0.05) is 6.20 Å². The predicted octanol–water partition coefficient (Wildman–Crippen LogP) is 1.17. The monoisotopic (exact) mass is 271 g/mol. The van der Waals surface area contributed by atoms with Crippen molar-refractivity contribution in [1.82, 2.24) is 15.8 Å². The largest absolute Gasteiger partial charge is 0.507 e. The van der Waals surface area contributed by atoms with E-state index < -0.39 is 11.8 Å². The summed E-state index contributed by atoms with van der Waals surface area (Å²) in [4.78, 5) is 27.4. The molecule has 20 heavy (non-hydrogen) atoms. The van der Waals surface area contributed by atoms with Crippen LogP contribution in [0.5, 0.6) is 5.75 Å². The first-order valence-electron chi connectivity index (χ1n) is 5.89. The molecule has 0 fully saturated rings. The summed E-state index contributed by atoms with van der Waals surface area (Å²) in [6.45, 7) is 1.79. The van der Waals surface area contributed by atoms with Gasteiger partial charge in [-0.05, 0) is 31.2 Å². The van der Waals surface area contributed by atoms with Gasteiger partial charge < -0.3 is 5.11 Å². The fraction of sp³-hybridized carbons (Fsp3) is 0.0714. The number of phenolic OH excluding ortho intramolecular Hbond substituents is 1. The molecule has 0 saturated carbocycles. The molecule has 2 rings (SSSR count). The second-order valence-corrected chi connectivity index (χ2v) is 4.14. The Balaban J connectivity index is 2.02. The minimum absolute atomic E-state index is 0.0892. The van der Waals surface area contributed by atoms with Gasteiger partial charge in [0.05, 0.1) is 5.56 Å². The molecule has 0 unspecified atom stereocenters. The van der Waals surface area contributed by atoms with Crippen molar-refractivity contribution in [3.8, 4) is 5.75 Å². The normalized spacial score (nSPS) is 9.85. The number of hydrogen-bond donors (Lipinski definition) is 3. The lowest BCUT2D eigenvalue weighted by Gasteiger charge is -2.08. The van der Waals surface area contributed by atoms with E-state index in [1.54, 1.807) is 25.1 Å². The van der Waals surface area contributed by atoms with Gasteiger partial charge in [-0.25, -0.2) is 0 Å². The van der Waals surface area contributed by atoms with Crippen LogP contribution < -0.4 is 10.9 Å². The molecule has 1 aromatic heterocycles. The van der Waals surface area contributed by atoms with Crippen LogP contribution in [0.4, 0.5) is 0 Å². The van der Waals surface area contributed by atoms with Crippen molar-refractivity contribution in [3.05, 3.63) is 59.4 Å². The molecule has 0 aliphatic carbocycles. The molecular formula is C14H13N3O3. The summed E-state index contributed by atoms with van der Waals surface area (Å²) in [5.41, 5.74) is 5.55. The molecule has 0 aliphatic heterocycles. The topological polar surface area (TPSA) is 91.3 Å². The minimum Gasteiger partial charge on any atom is -0.507 e. The molecular weight excluding hydrogens is 258 g/mol. The maximum atomic E-state index is 11.8. The summed E-state index contributed by atoms with van der Waals surface area (Å²) in [6, 6.07) is 9.49. The van der Waals surface area contributed by atoms with E-state index in [1.807, 2.05) is 0 Å². The number of aryl methyl sites for hydroxylation is 1. The van der Waals surface area contributed by atoms with Gasteiger partial charge >= 0.3 is 0 Å². The van der Waals surface area contributed by atoms with Gasteiger partial charge in [-0.2, -0.15) is 0 Å². The van der Waals surface area contributed by atoms with Crippen LogP contribution in [-0.4, -0.2) is 21.9 Å². The lowest BCUT2D eigenvalue weighted by atomic mass is 10.1. The van der Waals surface area contributed by atoms with E-state index in [-0.39, 0.29) is 17.0 Å². The Bertz CT molecular complexity index is 641. The maximum Gasteiger partial charge on any atom is 0.288 e. The van der Waals surface area contributed by atoms with Gasteiger partial charge in [-0.15, -0.1) is 0 Å². The molecule has 2 amide bonds. The number of hydrazine groups is 1. The molecule has 0 atom stereocenters. The van der Waals surface area contributed by atoms with E-state index >= 15 is 0 Å². The lowest BCUT2D eigenvalue weighted by molar-refractivity contribution is 0.0842. The minimum atomic E-state index is -0.601. The SMILES string of the molecule is Cc1ccc(O)c(C(=O)NNC(=O)c2ccccn2)c1. The fourth-order valence-electron chi connectivity index (χ4n) is 1.57. The molecule has 6 heteroatoms. The summed E-state index contributed by atoms with van der Waals surface area (Å²) in [7, 11) is 0. The molecule has 3 N–H and O–H groups in total. The summed E-state index contributed by atoms with van der Waals surface area (Å²) >= 11 is 0. The fourth-order valence-corrected chi connectivity index (χ4v) is 1.57. The molecule has 0 radical (unpaired) electrons. The molecule has 0 spiro atoms. The zero-order valence-corrected chi connectivity index (χ0v) is 10.8. The number of hydrogen-bond acceptors (Lipinski definition) is 4. The summed E-state index contributed by atoms with van der Waals surface area (Å²) < 4.78 is 0. The third kappa shape index (κ3) is 3.11. The van der Waals surface area contributed by atoms with Crippen LogP contribution in [-0.2, 0) is 0 Å². The smallest absolute Gasteiger partial charge is 0.288 e. The molecule has 102 valence electrons.